The van der Waals surface area contributed by atoms with E-state index < -0.39 is 17.7 Å². The van der Waals surface area contributed by atoms with E-state index in [4.69, 9.17) is 5.73 Å². The van der Waals surface area contributed by atoms with Gasteiger partial charge in [0, 0.05) is 17.1 Å². The van der Waals surface area contributed by atoms with E-state index in [1.165, 1.54) is 12.1 Å². The normalized spacial score (nSPS) is 12.6. The summed E-state index contributed by atoms with van der Waals surface area (Å²) in [7, 11) is 0. The van der Waals surface area contributed by atoms with Crippen LogP contribution in [0.1, 0.15) is 17.3 Å². The highest BCUT2D eigenvalue weighted by Gasteiger charge is 2.22. The molecule has 0 aliphatic rings. The molecule has 0 aliphatic carbocycles. The lowest BCUT2D eigenvalue weighted by Crippen LogP contribution is -2.17. The number of halogens is 3. The smallest absolute Gasteiger partial charge is 0.145 e. The Labute approximate surface area is 128 Å². The van der Waals surface area contributed by atoms with Crippen molar-refractivity contribution in [3.05, 3.63) is 76.0 Å². The molecule has 1 aromatic heterocycles. The first-order valence-corrected chi connectivity index (χ1v) is 7.11. The van der Waals surface area contributed by atoms with Crippen LogP contribution in [0.2, 0.25) is 0 Å². The molecule has 2 N–H and O–H groups in total. The van der Waals surface area contributed by atoms with Crippen LogP contribution in [0.15, 0.2) is 53.1 Å². The number of rotatable bonds is 2. The quantitative estimate of drug-likeness (QED) is 0.700. The van der Waals surface area contributed by atoms with Crippen LogP contribution in [0.5, 0.6) is 0 Å². The maximum Gasteiger partial charge on any atom is 0.145 e. The third kappa shape index (κ3) is 2.43. The maximum atomic E-state index is 14.2. The van der Waals surface area contributed by atoms with Crippen molar-refractivity contribution in [1.29, 1.82) is 0 Å². The standard InChI is InChI=1S/C16H11BrF2N2/c17-11-5-6-12(18)13(14(11)19)15(20)16-10-4-2-1-3-9(10)7-8-21-16/h1-8,15H,20H2. The van der Waals surface area contributed by atoms with Crippen LogP contribution in [0, 0.1) is 11.6 Å². The van der Waals surface area contributed by atoms with Crippen LogP contribution in [-0.4, -0.2) is 4.98 Å². The number of hydrogen-bond donors (Lipinski definition) is 1. The zero-order valence-electron chi connectivity index (χ0n) is 10.9. The van der Waals surface area contributed by atoms with Crippen molar-refractivity contribution >= 4 is 26.7 Å². The van der Waals surface area contributed by atoms with Gasteiger partial charge in [0.15, 0.2) is 0 Å². The van der Waals surface area contributed by atoms with Crippen molar-refractivity contribution in [2.24, 2.45) is 5.73 Å². The molecule has 0 radical (unpaired) electrons. The maximum absolute atomic E-state index is 14.2. The van der Waals surface area contributed by atoms with Crippen molar-refractivity contribution in [2.45, 2.75) is 6.04 Å². The summed E-state index contributed by atoms with van der Waals surface area (Å²) < 4.78 is 28.4. The van der Waals surface area contributed by atoms with Gasteiger partial charge in [-0.15, -0.1) is 0 Å². The summed E-state index contributed by atoms with van der Waals surface area (Å²) in [6.07, 6.45) is 1.59. The minimum absolute atomic E-state index is 0.176. The Morgan fingerprint density at radius 1 is 1.05 bits per heavy atom. The zero-order chi connectivity index (χ0) is 15.0. The molecule has 1 unspecified atom stereocenters. The number of benzene rings is 2. The van der Waals surface area contributed by atoms with Gasteiger partial charge in [-0.3, -0.25) is 4.98 Å². The third-order valence-corrected chi connectivity index (χ3v) is 4.00. The van der Waals surface area contributed by atoms with E-state index in [1.807, 2.05) is 30.3 Å². The number of aromatic nitrogens is 1. The monoisotopic (exact) mass is 348 g/mol. The Morgan fingerprint density at radius 3 is 2.62 bits per heavy atom. The Morgan fingerprint density at radius 2 is 1.81 bits per heavy atom. The largest absolute Gasteiger partial charge is 0.319 e. The molecule has 0 bridgehead atoms. The second kappa shape index (κ2) is 5.50. The van der Waals surface area contributed by atoms with E-state index in [-0.39, 0.29) is 10.0 Å². The second-order valence-corrected chi connectivity index (χ2v) is 5.51. The molecule has 5 heteroatoms. The van der Waals surface area contributed by atoms with E-state index in [0.29, 0.717) is 5.69 Å². The van der Waals surface area contributed by atoms with Crippen molar-refractivity contribution in [2.75, 3.05) is 0 Å². The lowest BCUT2D eigenvalue weighted by Gasteiger charge is -2.16. The number of fused-ring (bicyclic) bond motifs is 1. The van der Waals surface area contributed by atoms with Gasteiger partial charge in [-0.25, -0.2) is 8.78 Å². The van der Waals surface area contributed by atoms with Crippen LogP contribution in [0.4, 0.5) is 8.78 Å². The molecule has 3 aromatic rings. The summed E-state index contributed by atoms with van der Waals surface area (Å²) in [5.74, 6) is -1.38. The van der Waals surface area contributed by atoms with Crippen LogP contribution in [-0.2, 0) is 0 Å². The van der Waals surface area contributed by atoms with Crippen LogP contribution < -0.4 is 5.73 Å². The lowest BCUT2D eigenvalue weighted by atomic mass is 9.98. The van der Waals surface area contributed by atoms with E-state index in [2.05, 4.69) is 20.9 Å². The van der Waals surface area contributed by atoms with Gasteiger partial charge in [0.25, 0.3) is 0 Å². The van der Waals surface area contributed by atoms with Gasteiger partial charge in [-0.2, -0.15) is 0 Å². The molecule has 0 aliphatic heterocycles. The second-order valence-electron chi connectivity index (χ2n) is 4.65. The van der Waals surface area contributed by atoms with Crippen molar-refractivity contribution in [1.82, 2.24) is 4.98 Å². The number of pyridine rings is 1. The summed E-state index contributed by atoms with van der Waals surface area (Å²) in [5, 5.41) is 1.71. The summed E-state index contributed by atoms with van der Waals surface area (Å²) in [6.45, 7) is 0. The van der Waals surface area contributed by atoms with E-state index in [0.717, 1.165) is 10.8 Å². The number of nitrogens with zero attached hydrogens (tertiary/aromatic N) is 1. The van der Waals surface area contributed by atoms with E-state index in [1.54, 1.807) is 6.20 Å². The predicted octanol–water partition coefficient (Wildman–Crippen LogP) is 4.32. The molecule has 1 heterocycles. The zero-order valence-corrected chi connectivity index (χ0v) is 12.4. The molecule has 3 rings (SSSR count). The Kier molecular flexibility index (Phi) is 3.69. The van der Waals surface area contributed by atoms with Gasteiger partial charge >= 0.3 is 0 Å². The molecule has 106 valence electrons. The molecule has 0 saturated heterocycles. The highest BCUT2D eigenvalue weighted by Crippen LogP contribution is 2.31. The van der Waals surface area contributed by atoms with Gasteiger partial charge < -0.3 is 5.73 Å². The highest BCUT2D eigenvalue weighted by molar-refractivity contribution is 9.10. The van der Waals surface area contributed by atoms with Crippen molar-refractivity contribution < 1.29 is 8.78 Å². The highest BCUT2D eigenvalue weighted by atomic mass is 79.9. The lowest BCUT2D eigenvalue weighted by molar-refractivity contribution is 0.538. The number of nitrogens with two attached hydrogens (primary N) is 1. The number of hydrogen-bond acceptors (Lipinski definition) is 2. The van der Waals surface area contributed by atoms with Crippen LogP contribution >= 0.6 is 15.9 Å². The summed E-state index contributed by atoms with van der Waals surface area (Å²) >= 11 is 3.05. The Balaban J connectivity index is 2.22. The third-order valence-electron chi connectivity index (χ3n) is 3.39. The molecule has 0 spiro atoms. The average Bonchev–Trinajstić information content (AvgIpc) is 2.50. The molecule has 0 amide bonds. The first-order valence-electron chi connectivity index (χ1n) is 6.32. The molecule has 1 atom stereocenters. The SMILES string of the molecule is NC(c1c(F)ccc(Br)c1F)c1nccc2ccccc12. The first-order chi connectivity index (χ1) is 10.1. The Hall–Kier alpha value is -1.85. The van der Waals surface area contributed by atoms with E-state index in [9.17, 15) is 8.78 Å². The van der Waals surface area contributed by atoms with E-state index >= 15 is 0 Å². The molecule has 2 nitrogen and oxygen atoms in total. The van der Waals surface area contributed by atoms with Gasteiger partial charge in [0.05, 0.1) is 16.2 Å². The molecule has 2 aromatic carbocycles. The van der Waals surface area contributed by atoms with Gasteiger partial charge in [0.1, 0.15) is 11.6 Å². The minimum atomic E-state index is -0.978. The van der Waals surface area contributed by atoms with Crippen LogP contribution in [0.25, 0.3) is 10.8 Å². The average molecular weight is 349 g/mol. The van der Waals surface area contributed by atoms with Crippen molar-refractivity contribution in [3.63, 3.8) is 0 Å². The summed E-state index contributed by atoms with van der Waals surface area (Å²) in [4.78, 5) is 4.22. The molecule has 0 fully saturated rings. The minimum Gasteiger partial charge on any atom is -0.319 e. The summed E-state index contributed by atoms with van der Waals surface area (Å²) in [6, 6.07) is 10.8. The van der Waals surface area contributed by atoms with Gasteiger partial charge in [-0.05, 0) is 39.5 Å². The fourth-order valence-corrected chi connectivity index (χ4v) is 2.70. The van der Waals surface area contributed by atoms with Gasteiger partial charge in [-0.1, -0.05) is 24.3 Å². The van der Waals surface area contributed by atoms with Crippen LogP contribution in [0.3, 0.4) is 0 Å². The molecule has 0 saturated carbocycles. The van der Waals surface area contributed by atoms with Crippen molar-refractivity contribution in [3.8, 4) is 0 Å². The fourth-order valence-electron chi connectivity index (χ4n) is 2.36. The molecular weight excluding hydrogens is 338 g/mol. The molecular formula is C16H11BrF2N2. The summed E-state index contributed by atoms with van der Waals surface area (Å²) in [5.41, 5.74) is 6.35. The first kappa shape index (κ1) is 14.1. The molecule has 21 heavy (non-hydrogen) atoms. The Bertz CT molecular complexity index is 815. The topological polar surface area (TPSA) is 38.9 Å². The predicted molar refractivity (Wildman–Crippen MR) is 81.8 cm³/mol. The van der Waals surface area contributed by atoms with Gasteiger partial charge in [0.2, 0.25) is 0 Å². The fraction of sp³-hybridized carbons (Fsp3) is 0.0625.